The van der Waals surface area contributed by atoms with Crippen molar-refractivity contribution < 1.29 is 4.79 Å². The molecule has 2 rings (SSSR count). The van der Waals surface area contributed by atoms with Crippen LogP contribution < -0.4 is 10.6 Å². The Morgan fingerprint density at radius 3 is 2.94 bits per heavy atom. The topological polar surface area (TPSA) is 41.1 Å². The first-order valence-corrected chi connectivity index (χ1v) is 6.35. The van der Waals surface area contributed by atoms with Gasteiger partial charge < -0.3 is 10.6 Å². The summed E-state index contributed by atoms with van der Waals surface area (Å²) in [6.07, 6.45) is 1.45. The van der Waals surface area contributed by atoms with Gasteiger partial charge in [-0.2, -0.15) is 0 Å². The fraction of sp³-hybridized carbons (Fsp3) is 0.417. The number of hydrogen-bond donors (Lipinski definition) is 2. The Morgan fingerprint density at radius 2 is 2.24 bits per heavy atom. The van der Waals surface area contributed by atoms with Gasteiger partial charge in [-0.05, 0) is 18.1 Å². The van der Waals surface area contributed by atoms with Crippen LogP contribution in [0.15, 0.2) is 18.2 Å². The van der Waals surface area contributed by atoms with E-state index in [1.165, 1.54) is 0 Å². The molecular weight excluding hydrogens is 259 g/mol. The van der Waals surface area contributed by atoms with E-state index in [4.69, 9.17) is 23.2 Å². The van der Waals surface area contributed by atoms with E-state index in [1.54, 1.807) is 6.07 Å². The first-order chi connectivity index (χ1) is 8.16. The van der Waals surface area contributed by atoms with Gasteiger partial charge in [0.2, 0.25) is 5.91 Å². The van der Waals surface area contributed by atoms with Gasteiger partial charge in [-0.1, -0.05) is 35.3 Å². The Hall–Kier alpha value is -0.770. The van der Waals surface area contributed by atoms with E-state index >= 15 is 0 Å². The molecule has 1 saturated heterocycles. The predicted molar refractivity (Wildman–Crippen MR) is 69.3 cm³/mol. The molecule has 5 heteroatoms. The third-order valence-corrected chi connectivity index (χ3v) is 3.74. The number of hydrogen-bond acceptors (Lipinski definition) is 2. The number of nitrogens with one attached hydrogen (secondary N) is 2. The first kappa shape index (κ1) is 12.7. The number of benzene rings is 1. The summed E-state index contributed by atoms with van der Waals surface area (Å²) < 4.78 is 0. The number of halogens is 2. The van der Waals surface area contributed by atoms with E-state index in [0.717, 1.165) is 12.0 Å². The number of amides is 1. The van der Waals surface area contributed by atoms with Crippen molar-refractivity contribution >= 4 is 29.1 Å². The largest absolute Gasteiger partial charge is 0.355 e. The average Bonchev–Trinajstić information content (AvgIpc) is 2.33. The average molecular weight is 273 g/mol. The molecule has 1 aromatic rings. The Labute approximate surface area is 110 Å². The van der Waals surface area contributed by atoms with Gasteiger partial charge in [0.15, 0.2) is 0 Å². The molecule has 0 spiro atoms. The third-order valence-electron chi connectivity index (χ3n) is 2.88. The second-order valence-corrected chi connectivity index (χ2v) is 4.92. The highest BCUT2D eigenvalue weighted by atomic mass is 35.5. The molecule has 1 aliphatic rings. The van der Waals surface area contributed by atoms with Gasteiger partial charge in [0.1, 0.15) is 0 Å². The minimum Gasteiger partial charge on any atom is -0.355 e. The minimum atomic E-state index is 0.129. The summed E-state index contributed by atoms with van der Waals surface area (Å²) in [6, 6.07) is 5.91. The first-order valence-electron chi connectivity index (χ1n) is 5.60. The number of piperidine rings is 1. The third kappa shape index (κ3) is 3.35. The second-order valence-electron chi connectivity index (χ2n) is 4.13. The second kappa shape index (κ2) is 5.71. The van der Waals surface area contributed by atoms with Crippen LogP contribution >= 0.6 is 23.2 Å². The minimum absolute atomic E-state index is 0.129. The maximum atomic E-state index is 11.0. The Bertz CT molecular complexity index is 413. The molecule has 1 atom stereocenters. The van der Waals surface area contributed by atoms with Crippen molar-refractivity contribution in [1.29, 1.82) is 0 Å². The molecule has 92 valence electrons. The van der Waals surface area contributed by atoms with Crippen molar-refractivity contribution in [3.63, 3.8) is 0 Å². The van der Waals surface area contributed by atoms with E-state index in [2.05, 4.69) is 10.6 Å². The summed E-state index contributed by atoms with van der Waals surface area (Å²) in [4.78, 5) is 11.0. The molecule has 2 N–H and O–H groups in total. The van der Waals surface area contributed by atoms with Gasteiger partial charge in [0.05, 0.1) is 10.0 Å². The summed E-state index contributed by atoms with van der Waals surface area (Å²) in [6.45, 7) is 1.34. The highest BCUT2D eigenvalue weighted by Crippen LogP contribution is 2.25. The summed E-state index contributed by atoms with van der Waals surface area (Å²) in [5, 5.41) is 7.37. The Kier molecular flexibility index (Phi) is 4.26. The molecule has 1 fully saturated rings. The predicted octanol–water partition coefficient (Wildman–Crippen LogP) is 2.36. The van der Waals surface area contributed by atoms with Crippen molar-refractivity contribution in [1.82, 2.24) is 10.6 Å². The van der Waals surface area contributed by atoms with Crippen LogP contribution in [-0.2, 0) is 11.3 Å². The molecule has 1 unspecified atom stereocenters. The van der Waals surface area contributed by atoms with E-state index in [-0.39, 0.29) is 5.91 Å². The summed E-state index contributed by atoms with van der Waals surface area (Å²) in [5.74, 6) is 0.129. The number of rotatable bonds is 3. The smallest absolute Gasteiger partial charge is 0.220 e. The zero-order chi connectivity index (χ0) is 12.3. The lowest BCUT2D eigenvalue weighted by Crippen LogP contribution is -2.45. The molecule has 0 radical (unpaired) electrons. The molecule has 17 heavy (non-hydrogen) atoms. The molecule has 0 saturated carbocycles. The molecule has 1 heterocycles. The lowest BCUT2D eigenvalue weighted by molar-refractivity contribution is -0.122. The van der Waals surface area contributed by atoms with Crippen molar-refractivity contribution in [3.05, 3.63) is 33.8 Å². The zero-order valence-corrected chi connectivity index (χ0v) is 10.8. The van der Waals surface area contributed by atoms with E-state index in [0.29, 0.717) is 35.6 Å². The van der Waals surface area contributed by atoms with Gasteiger partial charge in [-0.15, -0.1) is 0 Å². The van der Waals surface area contributed by atoms with Gasteiger partial charge in [0.25, 0.3) is 0 Å². The summed E-state index contributed by atoms with van der Waals surface area (Å²) >= 11 is 12.0. The van der Waals surface area contributed by atoms with Crippen LogP contribution in [0.4, 0.5) is 0 Å². The fourth-order valence-electron chi connectivity index (χ4n) is 1.85. The lowest BCUT2D eigenvalue weighted by Gasteiger charge is -2.23. The molecule has 1 amide bonds. The Balaban J connectivity index is 1.89. The van der Waals surface area contributed by atoms with Gasteiger partial charge in [-0.25, -0.2) is 0 Å². The van der Waals surface area contributed by atoms with Gasteiger partial charge in [0, 0.05) is 25.6 Å². The van der Waals surface area contributed by atoms with Gasteiger partial charge in [-0.3, -0.25) is 4.79 Å². The van der Waals surface area contributed by atoms with Crippen LogP contribution in [0.1, 0.15) is 18.4 Å². The van der Waals surface area contributed by atoms with E-state index in [1.807, 2.05) is 12.1 Å². The van der Waals surface area contributed by atoms with Crippen LogP contribution in [0.3, 0.4) is 0 Å². The lowest BCUT2D eigenvalue weighted by atomic mass is 10.1. The van der Waals surface area contributed by atoms with E-state index in [9.17, 15) is 4.79 Å². The standard InChI is InChI=1S/C12H14Cl2N2O/c13-10-3-1-2-8(12(10)14)6-15-9-4-5-11(17)16-7-9/h1-3,9,15H,4-7H2,(H,16,17). The fourth-order valence-corrected chi connectivity index (χ4v) is 2.23. The summed E-state index contributed by atoms with van der Waals surface area (Å²) in [7, 11) is 0. The quantitative estimate of drug-likeness (QED) is 0.887. The molecule has 0 aromatic heterocycles. The SMILES string of the molecule is O=C1CCC(NCc2cccc(Cl)c2Cl)CN1. The van der Waals surface area contributed by atoms with Crippen LogP contribution in [0, 0.1) is 0 Å². The zero-order valence-electron chi connectivity index (χ0n) is 9.30. The van der Waals surface area contributed by atoms with Crippen molar-refractivity contribution in [2.24, 2.45) is 0 Å². The van der Waals surface area contributed by atoms with Crippen molar-refractivity contribution in [2.75, 3.05) is 6.54 Å². The molecular formula is C12H14Cl2N2O. The Morgan fingerprint density at radius 1 is 1.41 bits per heavy atom. The monoisotopic (exact) mass is 272 g/mol. The van der Waals surface area contributed by atoms with Crippen molar-refractivity contribution in [3.8, 4) is 0 Å². The molecule has 0 aliphatic carbocycles. The molecule has 3 nitrogen and oxygen atoms in total. The highest BCUT2D eigenvalue weighted by Gasteiger charge is 2.17. The van der Waals surface area contributed by atoms with Gasteiger partial charge >= 0.3 is 0 Å². The van der Waals surface area contributed by atoms with E-state index < -0.39 is 0 Å². The van der Waals surface area contributed by atoms with Crippen LogP contribution in [0.2, 0.25) is 10.0 Å². The maximum absolute atomic E-state index is 11.0. The molecule has 1 aromatic carbocycles. The number of carbonyl (C=O) groups excluding carboxylic acids is 1. The summed E-state index contributed by atoms with van der Waals surface area (Å²) in [5.41, 5.74) is 0.982. The molecule has 1 aliphatic heterocycles. The van der Waals surface area contributed by atoms with Crippen LogP contribution in [0.5, 0.6) is 0 Å². The maximum Gasteiger partial charge on any atom is 0.220 e. The number of carbonyl (C=O) groups is 1. The van der Waals surface area contributed by atoms with Crippen molar-refractivity contribution in [2.45, 2.75) is 25.4 Å². The molecule has 0 bridgehead atoms. The van der Waals surface area contributed by atoms with Crippen LogP contribution in [-0.4, -0.2) is 18.5 Å². The van der Waals surface area contributed by atoms with Crippen LogP contribution in [0.25, 0.3) is 0 Å². The highest BCUT2D eigenvalue weighted by molar-refractivity contribution is 6.42. The normalized spacial score (nSPS) is 20.1.